The summed E-state index contributed by atoms with van der Waals surface area (Å²) in [4.78, 5) is 17.4. The molecule has 9 nitrogen and oxygen atoms in total. The van der Waals surface area contributed by atoms with Gasteiger partial charge in [0.05, 0.1) is 30.2 Å². The quantitative estimate of drug-likeness (QED) is 0.304. The lowest BCUT2D eigenvalue weighted by molar-refractivity contribution is -0.120. The van der Waals surface area contributed by atoms with Crippen molar-refractivity contribution in [3.8, 4) is 16.2 Å². The van der Waals surface area contributed by atoms with Gasteiger partial charge in [-0.15, -0.1) is 36.2 Å². The number of amides is 1. The summed E-state index contributed by atoms with van der Waals surface area (Å²) in [5.74, 6) is 1.27. The predicted octanol–water partition coefficient (Wildman–Crippen LogP) is 3.87. The summed E-state index contributed by atoms with van der Waals surface area (Å²) in [6.45, 7) is 6.13. The van der Waals surface area contributed by atoms with Gasteiger partial charge in [0, 0.05) is 35.7 Å². The number of nitrogens with zero attached hydrogens (tertiary/aromatic N) is 3. The molecule has 4 heterocycles. The number of nitrogen functional groups attached to an aromatic ring is 1. The van der Waals surface area contributed by atoms with Gasteiger partial charge in [-0.25, -0.2) is 9.50 Å². The van der Waals surface area contributed by atoms with Gasteiger partial charge in [-0.1, -0.05) is 6.07 Å². The number of anilines is 1. The number of nitrogens with one attached hydrogen (secondary N) is 2. The van der Waals surface area contributed by atoms with E-state index in [0.29, 0.717) is 32.1 Å². The molecule has 1 aromatic carbocycles. The van der Waals surface area contributed by atoms with Crippen LogP contribution in [-0.2, 0) is 22.7 Å². The van der Waals surface area contributed by atoms with Gasteiger partial charge in [0.2, 0.25) is 5.91 Å². The summed E-state index contributed by atoms with van der Waals surface area (Å²) in [7, 11) is 1.69. The number of rotatable bonds is 8. The van der Waals surface area contributed by atoms with Gasteiger partial charge in [0.1, 0.15) is 17.6 Å². The van der Waals surface area contributed by atoms with E-state index in [-0.39, 0.29) is 36.8 Å². The van der Waals surface area contributed by atoms with Crippen molar-refractivity contribution in [2.24, 2.45) is 0 Å². The van der Waals surface area contributed by atoms with Crippen molar-refractivity contribution < 1.29 is 14.3 Å². The highest BCUT2D eigenvalue weighted by Crippen LogP contribution is 2.44. The van der Waals surface area contributed by atoms with E-state index < -0.39 is 0 Å². The van der Waals surface area contributed by atoms with Gasteiger partial charge < -0.3 is 25.8 Å². The first kappa shape index (κ1) is 27.9. The Balaban J connectivity index is 0.00000180. The molecule has 1 aliphatic heterocycles. The molecule has 0 unspecified atom stereocenters. The van der Waals surface area contributed by atoms with Crippen LogP contribution in [0, 0.1) is 6.92 Å². The summed E-state index contributed by atoms with van der Waals surface area (Å²) in [6.07, 6.45) is 2.21. The Labute approximate surface area is 225 Å². The molecule has 0 bridgehead atoms. The topological polar surface area (TPSA) is 116 Å². The molecule has 1 fully saturated rings. The van der Waals surface area contributed by atoms with E-state index in [0.717, 1.165) is 55.0 Å². The Hall–Kier alpha value is -2.63. The maximum Gasteiger partial charge on any atom is 0.237 e. The molecule has 36 heavy (non-hydrogen) atoms. The van der Waals surface area contributed by atoms with Crippen LogP contribution in [0.25, 0.3) is 26.0 Å². The van der Waals surface area contributed by atoms with Gasteiger partial charge >= 0.3 is 0 Å². The molecule has 1 aliphatic rings. The van der Waals surface area contributed by atoms with Gasteiger partial charge in [-0.05, 0) is 43.4 Å². The van der Waals surface area contributed by atoms with Gasteiger partial charge in [-0.3, -0.25) is 4.79 Å². The number of hydrogen-bond acceptors (Lipinski definition) is 8. The van der Waals surface area contributed by atoms with Crippen LogP contribution in [0.15, 0.2) is 24.5 Å². The fraction of sp³-hybridized carbons (Fsp3) is 0.375. The Morgan fingerprint density at radius 1 is 1.31 bits per heavy atom. The van der Waals surface area contributed by atoms with Crippen molar-refractivity contribution in [1.29, 1.82) is 0 Å². The van der Waals surface area contributed by atoms with Crippen molar-refractivity contribution in [1.82, 2.24) is 25.2 Å². The molecule has 0 saturated carbocycles. The standard InChI is InChI=1S/C24H28N6O3S.2ClH/c1-4-33-11-15-17(10-27-16-5-6-26-24(16)31)30-21(23(25)28-12-29-30)20(15)19-9-14-7-13(2)8-18(32-3)22(14)34-19;;/h7-9,12,16,27H,4-6,10-11H2,1-3H3,(H,26,31)(H2,25,28,29);2*1H/t16-;;/m1../s1. The zero-order valence-corrected chi connectivity index (χ0v) is 22.7. The fourth-order valence-electron chi connectivity index (χ4n) is 4.57. The summed E-state index contributed by atoms with van der Waals surface area (Å²) >= 11 is 1.65. The number of carbonyl (C=O) groups excluding carboxylic acids is 1. The molecule has 1 amide bonds. The van der Waals surface area contributed by atoms with Gasteiger partial charge in [-0.2, -0.15) is 5.10 Å². The number of carbonyl (C=O) groups is 1. The summed E-state index contributed by atoms with van der Waals surface area (Å²) in [5.41, 5.74) is 11.1. The molecule has 1 saturated heterocycles. The number of benzene rings is 1. The van der Waals surface area contributed by atoms with Crippen molar-refractivity contribution in [3.05, 3.63) is 41.3 Å². The van der Waals surface area contributed by atoms with Crippen LogP contribution in [0.5, 0.6) is 5.75 Å². The van der Waals surface area contributed by atoms with Gasteiger partial charge in [0.15, 0.2) is 5.82 Å². The van der Waals surface area contributed by atoms with E-state index in [1.807, 2.05) is 17.5 Å². The van der Waals surface area contributed by atoms with Crippen LogP contribution in [0.1, 0.15) is 30.2 Å². The first-order valence-corrected chi connectivity index (χ1v) is 12.1. The monoisotopic (exact) mass is 552 g/mol. The third-order valence-corrected chi connectivity index (χ3v) is 7.35. The molecular weight excluding hydrogens is 523 g/mol. The number of aryl methyl sites for hydroxylation is 1. The Morgan fingerprint density at radius 3 is 2.81 bits per heavy atom. The zero-order valence-electron chi connectivity index (χ0n) is 20.3. The number of thiophene rings is 1. The summed E-state index contributed by atoms with van der Waals surface area (Å²) in [5, 5.41) is 11.9. The van der Waals surface area contributed by atoms with Crippen LogP contribution in [0.3, 0.4) is 0 Å². The molecule has 4 aromatic rings. The Kier molecular flexibility index (Phi) is 9.02. The second kappa shape index (κ2) is 11.6. The fourth-order valence-corrected chi connectivity index (χ4v) is 5.78. The number of methoxy groups -OCH3 is 1. The largest absolute Gasteiger partial charge is 0.495 e. The number of hydrogen-bond donors (Lipinski definition) is 3. The minimum absolute atomic E-state index is 0. The molecule has 5 rings (SSSR count). The van der Waals surface area contributed by atoms with Crippen molar-refractivity contribution in [2.75, 3.05) is 26.0 Å². The third-order valence-electron chi connectivity index (χ3n) is 6.17. The van der Waals surface area contributed by atoms with Crippen LogP contribution < -0.4 is 21.1 Å². The third kappa shape index (κ3) is 4.96. The lowest BCUT2D eigenvalue weighted by Gasteiger charge is -2.12. The molecule has 194 valence electrons. The van der Waals surface area contributed by atoms with Gasteiger partial charge in [0.25, 0.3) is 0 Å². The van der Waals surface area contributed by atoms with Crippen LogP contribution in [0.4, 0.5) is 5.82 Å². The molecule has 4 N–H and O–H groups in total. The van der Waals surface area contributed by atoms with Crippen LogP contribution in [-0.4, -0.2) is 46.8 Å². The lowest BCUT2D eigenvalue weighted by Crippen LogP contribution is -2.36. The number of halogens is 2. The van der Waals surface area contributed by atoms with E-state index in [2.05, 4.69) is 39.8 Å². The SMILES string of the molecule is CCOCc1c(-c2cc3cc(C)cc(OC)c3s2)c2c(N)ncnn2c1CN[C@@H]1CCNC1=O.Cl.Cl. The maximum absolute atomic E-state index is 12.1. The molecule has 1 atom stereocenters. The van der Waals surface area contributed by atoms with Crippen LogP contribution >= 0.6 is 36.2 Å². The van der Waals surface area contributed by atoms with E-state index in [1.165, 1.54) is 6.33 Å². The highest BCUT2D eigenvalue weighted by molar-refractivity contribution is 7.22. The lowest BCUT2D eigenvalue weighted by atomic mass is 10.1. The first-order valence-electron chi connectivity index (χ1n) is 11.3. The Bertz CT molecular complexity index is 1390. The normalized spacial score (nSPS) is 15.1. The summed E-state index contributed by atoms with van der Waals surface area (Å²) < 4.78 is 14.5. The highest BCUT2D eigenvalue weighted by Gasteiger charge is 2.28. The average Bonchev–Trinajstić information content (AvgIpc) is 3.51. The second-order valence-corrected chi connectivity index (χ2v) is 9.40. The number of ether oxygens (including phenoxy) is 2. The Morgan fingerprint density at radius 2 is 2.11 bits per heavy atom. The zero-order chi connectivity index (χ0) is 23.8. The van der Waals surface area contributed by atoms with Crippen LogP contribution in [0.2, 0.25) is 0 Å². The molecule has 0 radical (unpaired) electrons. The van der Waals surface area contributed by atoms with Crippen molar-refractivity contribution in [3.63, 3.8) is 0 Å². The smallest absolute Gasteiger partial charge is 0.237 e. The molecular formula is C24H30Cl2N6O3S. The van der Waals surface area contributed by atoms with Crippen molar-refractivity contribution >= 4 is 63.5 Å². The predicted molar refractivity (Wildman–Crippen MR) is 148 cm³/mol. The number of fused-ring (bicyclic) bond motifs is 2. The molecule has 3 aromatic heterocycles. The first-order chi connectivity index (χ1) is 16.5. The van der Waals surface area contributed by atoms with E-state index >= 15 is 0 Å². The molecule has 0 aliphatic carbocycles. The van der Waals surface area contributed by atoms with E-state index in [9.17, 15) is 4.79 Å². The maximum atomic E-state index is 12.1. The molecule has 12 heteroatoms. The second-order valence-electron chi connectivity index (χ2n) is 8.35. The van der Waals surface area contributed by atoms with E-state index in [1.54, 1.807) is 18.4 Å². The number of nitrogens with two attached hydrogens (primary N) is 1. The minimum atomic E-state index is -0.232. The summed E-state index contributed by atoms with van der Waals surface area (Å²) in [6, 6.07) is 6.12. The highest BCUT2D eigenvalue weighted by atomic mass is 35.5. The van der Waals surface area contributed by atoms with E-state index in [4.69, 9.17) is 15.2 Å². The minimum Gasteiger partial charge on any atom is -0.495 e. The molecule has 0 spiro atoms. The average molecular weight is 554 g/mol. The number of aromatic nitrogens is 3. The van der Waals surface area contributed by atoms with Crippen molar-refractivity contribution in [2.45, 2.75) is 39.5 Å².